The second-order valence-corrected chi connectivity index (χ2v) is 6.15. The summed E-state index contributed by atoms with van der Waals surface area (Å²) in [7, 11) is 0. The summed E-state index contributed by atoms with van der Waals surface area (Å²) < 4.78 is 0. The fraction of sp³-hybridized carbons (Fsp3) is 0.278. The van der Waals surface area contributed by atoms with Crippen LogP contribution in [-0.2, 0) is 12.0 Å². The van der Waals surface area contributed by atoms with E-state index in [0.29, 0.717) is 12.1 Å². The van der Waals surface area contributed by atoms with Crippen LogP contribution in [0.3, 0.4) is 0 Å². The number of carbonyl (C=O) groups is 1. The minimum absolute atomic E-state index is 0. The van der Waals surface area contributed by atoms with E-state index in [1.165, 1.54) is 0 Å². The molecule has 0 aliphatic rings. The van der Waals surface area contributed by atoms with Crippen LogP contribution < -0.4 is 11.1 Å². The highest BCUT2D eigenvalue weighted by Gasteiger charge is 2.18. The van der Waals surface area contributed by atoms with E-state index in [9.17, 15) is 4.79 Å². The summed E-state index contributed by atoms with van der Waals surface area (Å²) in [5, 5.41) is 3.00. The highest BCUT2D eigenvalue weighted by molar-refractivity contribution is 6.04. The normalized spacial score (nSPS) is 10.7. The number of nitrogens with two attached hydrogens (primary N) is 1. The molecule has 2 aromatic rings. The first-order valence-electron chi connectivity index (χ1n) is 7.11. The molecule has 4 heteroatoms. The standard InChI is InChI=1S/C18H22N2O.ClH/c1-18(2,3)15-6-4-5-7-16(15)20-17(21)14-10-8-13(12-19)9-11-14;/h4-11H,12,19H2,1-3H3,(H,20,21);1H. The highest BCUT2D eigenvalue weighted by Crippen LogP contribution is 2.29. The maximum Gasteiger partial charge on any atom is 0.255 e. The van der Waals surface area contributed by atoms with Crippen LogP contribution in [0.15, 0.2) is 48.5 Å². The Labute approximate surface area is 138 Å². The first-order valence-corrected chi connectivity index (χ1v) is 7.11. The molecule has 0 radical (unpaired) electrons. The lowest BCUT2D eigenvalue weighted by molar-refractivity contribution is 0.102. The van der Waals surface area contributed by atoms with E-state index in [1.54, 1.807) is 12.1 Å². The average molecular weight is 319 g/mol. The van der Waals surface area contributed by atoms with Crippen molar-refractivity contribution in [2.24, 2.45) is 5.73 Å². The van der Waals surface area contributed by atoms with Crippen LogP contribution in [0.1, 0.15) is 42.3 Å². The molecule has 22 heavy (non-hydrogen) atoms. The van der Waals surface area contributed by atoms with Crippen LogP contribution >= 0.6 is 12.4 Å². The number of amides is 1. The van der Waals surface area contributed by atoms with E-state index in [0.717, 1.165) is 16.8 Å². The molecule has 0 bridgehead atoms. The number of para-hydroxylation sites is 1. The lowest BCUT2D eigenvalue weighted by Crippen LogP contribution is -2.18. The third kappa shape index (κ3) is 4.33. The van der Waals surface area contributed by atoms with E-state index in [2.05, 4.69) is 26.1 Å². The van der Waals surface area contributed by atoms with Gasteiger partial charge in [-0.15, -0.1) is 12.4 Å². The van der Waals surface area contributed by atoms with E-state index in [4.69, 9.17) is 5.73 Å². The molecular weight excluding hydrogens is 296 g/mol. The molecule has 0 unspecified atom stereocenters. The fourth-order valence-corrected chi connectivity index (χ4v) is 2.23. The molecule has 0 heterocycles. The van der Waals surface area contributed by atoms with Crippen molar-refractivity contribution in [1.29, 1.82) is 0 Å². The molecule has 0 atom stereocenters. The highest BCUT2D eigenvalue weighted by atomic mass is 35.5. The summed E-state index contributed by atoms with van der Waals surface area (Å²) in [6.45, 7) is 6.88. The molecule has 0 spiro atoms. The van der Waals surface area contributed by atoms with Gasteiger partial charge >= 0.3 is 0 Å². The Balaban J connectivity index is 0.00000242. The molecule has 3 nitrogen and oxygen atoms in total. The number of benzene rings is 2. The number of halogens is 1. The minimum atomic E-state index is -0.102. The maximum absolute atomic E-state index is 12.4. The molecular formula is C18H23ClN2O. The molecule has 3 N–H and O–H groups in total. The first-order chi connectivity index (χ1) is 9.91. The van der Waals surface area contributed by atoms with Crippen molar-refractivity contribution in [1.82, 2.24) is 0 Å². The van der Waals surface area contributed by atoms with Gasteiger partial charge in [0.2, 0.25) is 0 Å². The Kier molecular flexibility index (Phi) is 6.15. The van der Waals surface area contributed by atoms with Crippen molar-refractivity contribution < 1.29 is 4.79 Å². The van der Waals surface area contributed by atoms with Crippen LogP contribution in [-0.4, -0.2) is 5.91 Å². The van der Waals surface area contributed by atoms with Crippen LogP contribution in [0, 0.1) is 0 Å². The van der Waals surface area contributed by atoms with Gasteiger partial charge in [0.25, 0.3) is 5.91 Å². The predicted molar refractivity (Wildman–Crippen MR) is 94.7 cm³/mol. The zero-order valence-electron chi connectivity index (χ0n) is 13.2. The molecule has 0 aliphatic heterocycles. The molecule has 0 aliphatic carbocycles. The summed E-state index contributed by atoms with van der Waals surface area (Å²) >= 11 is 0. The number of carbonyl (C=O) groups excluding carboxylic acids is 1. The van der Waals surface area contributed by atoms with Crippen LogP contribution in [0.4, 0.5) is 5.69 Å². The Morgan fingerprint density at radius 3 is 2.18 bits per heavy atom. The Morgan fingerprint density at radius 1 is 1.05 bits per heavy atom. The third-order valence-electron chi connectivity index (χ3n) is 3.44. The topological polar surface area (TPSA) is 55.1 Å². The molecule has 0 saturated carbocycles. The van der Waals surface area contributed by atoms with Gasteiger partial charge in [-0.05, 0) is 34.7 Å². The Morgan fingerprint density at radius 2 is 1.64 bits per heavy atom. The largest absolute Gasteiger partial charge is 0.326 e. The van der Waals surface area contributed by atoms with Crippen molar-refractivity contribution >= 4 is 24.0 Å². The molecule has 0 saturated heterocycles. The summed E-state index contributed by atoms with van der Waals surface area (Å²) in [6.07, 6.45) is 0. The summed E-state index contributed by atoms with van der Waals surface area (Å²) in [6, 6.07) is 15.3. The summed E-state index contributed by atoms with van der Waals surface area (Å²) in [4.78, 5) is 12.4. The van der Waals surface area contributed by atoms with Gasteiger partial charge in [-0.1, -0.05) is 51.1 Å². The predicted octanol–water partition coefficient (Wildman–Crippen LogP) is 4.12. The van der Waals surface area contributed by atoms with Gasteiger partial charge in [0.1, 0.15) is 0 Å². The van der Waals surface area contributed by atoms with Gasteiger partial charge in [0.15, 0.2) is 0 Å². The van der Waals surface area contributed by atoms with Crippen molar-refractivity contribution in [3.05, 3.63) is 65.2 Å². The molecule has 0 fully saturated rings. The monoisotopic (exact) mass is 318 g/mol. The van der Waals surface area contributed by atoms with Crippen LogP contribution in [0.5, 0.6) is 0 Å². The lowest BCUT2D eigenvalue weighted by Gasteiger charge is -2.23. The van der Waals surface area contributed by atoms with Crippen molar-refractivity contribution in [3.63, 3.8) is 0 Å². The molecule has 2 aromatic carbocycles. The Bertz CT molecular complexity index is 630. The fourth-order valence-electron chi connectivity index (χ4n) is 2.23. The van der Waals surface area contributed by atoms with E-state index >= 15 is 0 Å². The maximum atomic E-state index is 12.4. The number of anilines is 1. The zero-order valence-corrected chi connectivity index (χ0v) is 14.0. The molecule has 2 rings (SSSR count). The zero-order chi connectivity index (χ0) is 15.5. The van der Waals surface area contributed by atoms with Crippen LogP contribution in [0.25, 0.3) is 0 Å². The Hall–Kier alpha value is -1.84. The second-order valence-electron chi connectivity index (χ2n) is 6.15. The van der Waals surface area contributed by atoms with Gasteiger partial charge in [-0.2, -0.15) is 0 Å². The number of hydrogen-bond donors (Lipinski definition) is 2. The van der Waals surface area contributed by atoms with E-state index < -0.39 is 0 Å². The number of rotatable bonds is 3. The van der Waals surface area contributed by atoms with Gasteiger partial charge in [-0.3, -0.25) is 4.79 Å². The minimum Gasteiger partial charge on any atom is -0.326 e. The van der Waals surface area contributed by atoms with Crippen molar-refractivity contribution in [3.8, 4) is 0 Å². The summed E-state index contributed by atoms with van der Waals surface area (Å²) in [5.74, 6) is -0.102. The van der Waals surface area contributed by atoms with Gasteiger partial charge in [0, 0.05) is 17.8 Å². The average Bonchev–Trinajstić information content (AvgIpc) is 2.47. The smallest absolute Gasteiger partial charge is 0.255 e. The number of hydrogen-bond acceptors (Lipinski definition) is 2. The van der Waals surface area contributed by atoms with E-state index in [1.807, 2.05) is 36.4 Å². The van der Waals surface area contributed by atoms with Gasteiger partial charge in [0.05, 0.1) is 0 Å². The first kappa shape index (κ1) is 18.2. The van der Waals surface area contributed by atoms with Crippen molar-refractivity contribution in [2.45, 2.75) is 32.7 Å². The van der Waals surface area contributed by atoms with Gasteiger partial charge in [-0.25, -0.2) is 0 Å². The van der Waals surface area contributed by atoms with Gasteiger partial charge < -0.3 is 11.1 Å². The van der Waals surface area contributed by atoms with Crippen LogP contribution in [0.2, 0.25) is 0 Å². The third-order valence-corrected chi connectivity index (χ3v) is 3.44. The van der Waals surface area contributed by atoms with E-state index in [-0.39, 0.29) is 23.7 Å². The molecule has 118 valence electrons. The van der Waals surface area contributed by atoms with Crippen molar-refractivity contribution in [2.75, 3.05) is 5.32 Å². The molecule has 1 amide bonds. The number of nitrogens with one attached hydrogen (secondary N) is 1. The quantitative estimate of drug-likeness (QED) is 0.894. The SMILES string of the molecule is CC(C)(C)c1ccccc1NC(=O)c1ccc(CN)cc1.Cl. The molecule has 0 aromatic heterocycles. The lowest BCUT2D eigenvalue weighted by atomic mass is 9.86. The summed E-state index contributed by atoms with van der Waals surface area (Å²) in [5.41, 5.74) is 9.18. The second kappa shape index (κ2) is 7.43.